The van der Waals surface area contributed by atoms with Gasteiger partial charge in [0.2, 0.25) is 0 Å². The van der Waals surface area contributed by atoms with E-state index in [1.165, 1.54) is 6.42 Å². The van der Waals surface area contributed by atoms with Gasteiger partial charge in [-0.1, -0.05) is 19.1 Å². The van der Waals surface area contributed by atoms with Gasteiger partial charge in [-0.25, -0.2) is 0 Å². The van der Waals surface area contributed by atoms with Crippen LogP contribution in [0.1, 0.15) is 24.6 Å². The highest BCUT2D eigenvalue weighted by Crippen LogP contribution is 2.23. The van der Waals surface area contributed by atoms with Crippen molar-refractivity contribution in [3.63, 3.8) is 0 Å². The van der Waals surface area contributed by atoms with Crippen LogP contribution in [0.5, 0.6) is 0 Å². The molecule has 1 aliphatic rings. The van der Waals surface area contributed by atoms with Crippen LogP contribution in [0.15, 0.2) is 29.1 Å². The first-order valence-electron chi connectivity index (χ1n) is 5.88. The van der Waals surface area contributed by atoms with Crippen molar-refractivity contribution in [1.29, 1.82) is 0 Å². The summed E-state index contributed by atoms with van der Waals surface area (Å²) in [6, 6.07) is 7.79. The Morgan fingerprint density at radius 2 is 2.12 bits per heavy atom. The maximum atomic E-state index is 12.3. The van der Waals surface area contributed by atoms with Gasteiger partial charge in [-0.2, -0.15) is 0 Å². The average Bonchev–Trinajstić information content (AvgIpc) is 2.31. The molecule has 16 heavy (non-hydrogen) atoms. The SMILES string of the molecule is C[C@H]1CCc2[nH]c3ccccc3c(=O)c2C1. The van der Waals surface area contributed by atoms with Crippen molar-refractivity contribution in [3.8, 4) is 0 Å². The topological polar surface area (TPSA) is 32.9 Å². The van der Waals surface area contributed by atoms with E-state index in [4.69, 9.17) is 0 Å². The fraction of sp³-hybridized carbons (Fsp3) is 0.357. The molecule has 2 nitrogen and oxygen atoms in total. The van der Waals surface area contributed by atoms with Crippen LogP contribution in [0.2, 0.25) is 0 Å². The van der Waals surface area contributed by atoms with Crippen molar-refractivity contribution in [1.82, 2.24) is 4.98 Å². The van der Waals surface area contributed by atoms with Gasteiger partial charge in [0.1, 0.15) is 0 Å². The molecule has 3 rings (SSSR count). The van der Waals surface area contributed by atoms with Gasteiger partial charge in [-0.3, -0.25) is 4.79 Å². The molecule has 1 aromatic carbocycles. The van der Waals surface area contributed by atoms with E-state index in [1.54, 1.807) is 0 Å². The lowest BCUT2D eigenvalue weighted by Gasteiger charge is -2.21. The van der Waals surface area contributed by atoms with E-state index in [0.29, 0.717) is 5.92 Å². The summed E-state index contributed by atoms with van der Waals surface area (Å²) in [6.07, 6.45) is 3.12. The van der Waals surface area contributed by atoms with Crippen LogP contribution in [0.25, 0.3) is 10.9 Å². The molecule has 0 fully saturated rings. The number of hydrogen-bond donors (Lipinski definition) is 1. The zero-order valence-corrected chi connectivity index (χ0v) is 9.42. The molecule has 0 aliphatic heterocycles. The number of pyridine rings is 1. The number of hydrogen-bond acceptors (Lipinski definition) is 1. The lowest BCUT2D eigenvalue weighted by atomic mass is 9.87. The Kier molecular flexibility index (Phi) is 2.10. The second-order valence-corrected chi connectivity index (χ2v) is 4.80. The predicted molar refractivity (Wildman–Crippen MR) is 65.8 cm³/mol. The maximum Gasteiger partial charge on any atom is 0.192 e. The number of H-pyrrole nitrogens is 1. The maximum absolute atomic E-state index is 12.3. The number of aromatic nitrogens is 1. The van der Waals surface area contributed by atoms with Crippen LogP contribution in [-0.4, -0.2) is 4.98 Å². The number of fused-ring (bicyclic) bond motifs is 2. The van der Waals surface area contributed by atoms with E-state index >= 15 is 0 Å². The molecule has 1 N–H and O–H groups in total. The molecule has 2 heteroatoms. The van der Waals surface area contributed by atoms with Gasteiger partial charge in [0.05, 0.1) is 0 Å². The van der Waals surface area contributed by atoms with E-state index in [9.17, 15) is 4.79 Å². The minimum Gasteiger partial charge on any atom is -0.358 e. The molecule has 82 valence electrons. The molecule has 0 bridgehead atoms. The summed E-state index contributed by atoms with van der Waals surface area (Å²) >= 11 is 0. The van der Waals surface area contributed by atoms with Crippen molar-refractivity contribution in [3.05, 3.63) is 45.7 Å². The lowest BCUT2D eigenvalue weighted by Crippen LogP contribution is -2.22. The minimum absolute atomic E-state index is 0.232. The molecule has 0 saturated carbocycles. The molecule has 1 aliphatic carbocycles. The highest BCUT2D eigenvalue weighted by Gasteiger charge is 2.19. The Balaban J connectivity index is 2.34. The number of aryl methyl sites for hydroxylation is 1. The van der Waals surface area contributed by atoms with Crippen LogP contribution in [0.3, 0.4) is 0 Å². The third kappa shape index (κ3) is 1.37. The summed E-state index contributed by atoms with van der Waals surface area (Å²) in [5.41, 5.74) is 3.37. The second kappa shape index (κ2) is 3.48. The predicted octanol–water partition coefficient (Wildman–Crippen LogP) is 2.65. The van der Waals surface area contributed by atoms with Crippen molar-refractivity contribution in [2.24, 2.45) is 5.92 Å². The van der Waals surface area contributed by atoms with Crippen molar-refractivity contribution >= 4 is 10.9 Å². The number of para-hydroxylation sites is 1. The molecule has 0 unspecified atom stereocenters. The van der Waals surface area contributed by atoms with Gasteiger partial charge in [-0.05, 0) is 37.3 Å². The summed E-state index contributed by atoms with van der Waals surface area (Å²) in [5, 5.41) is 0.829. The van der Waals surface area contributed by atoms with Gasteiger partial charge in [-0.15, -0.1) is 0 Å². The molecule has 1 atom stereocenters. The molecular weight excluding hydrogens is 198 g/mol. The Labute approximate surface area is 94.3 Å². The smallest absolute Gasteiger partial charge is 0.192 e. The van der Waals surface area contributed by atoms with Crippen LogP contribution in [0, 0.1) is 5.92 Å². The monoisotopic (exact) mass is 213 g/mol. The molecule has 0 radical (unpaired) electrons. The van der Waals surface area contributed by atoms with Crippen LogP contribution < -0.4 is 5.43 Å². The summed E-state index contributed by atoms with van der Waals surface area (Å²) in [7, 11) is 0. The van der Waals surface area contributed by atoms with Gasteiger partial charge in [0.25, 0.3) is 0 Å². The van der Waals surface area contributed by atoms with Crippen LogP contribution >= 0.6 is 0 Å². The molecule has 1 heterocycles. The first kappa shape index (κ1) is 9.64. The zero-order chi connectivity index (χ0) is 11.1. The number of aromatic amines is 1. The lowest BCUT2D eigenvalue weighted by molar-refractivity contribution is 0.493. The highest BCUT2D eigenvalue weighted by molar-refractivity contribution is 5.79. The summed E-state index contributed by atoms with van der Waals surface area (Å²) in [5.74, 6) is 0.634. The fourth-order valence-electron chi connectivity index (χ4n) is 2.60. The third-order valence-corrected chi connectivity index (χ3v) is 3.54. The molecule has 2 aromatic rings. The molecular formula is C14H15NO. The normalized spacial score (nSPS) is 19.7. The van der Waals surface area contributed by atoms with Gasteiger partial charge in [0.15, 0.2) is 5.43 Å². The Morgan fingerprint density at radius 3 is 3.00 bits per heavy atom. The third-order valence-electron chi connectivity index (χ3n) is 3.54. The first-order chi connectivity index (χ1) is 7.75. The number of benzene rings is 1. The zero-order valence-electron chi connectivity index (χ0n) is 9.42. The first-order valence-corrected chi connectivity index (χ1v) is 5.88. The largest absolute Gasteiger partial charge is 0.358 e. The van der Waals surface area contributed by atoms with Gasteiger partial charge in [0, 0.05) is 22.2 Å². The molecule has 0 spiro atoms. The quantitative estimate of drug-likeness (QED) is 0.717. The van der Waals surface area contributed by atoms with Crippen molar-refractivity contribution in [2.75, 3.05) is 0 Å². The van der Waals surface area contributed by atoms with Crippen LogP contribution in [0.4, 0.5) is 0 Å². The standard InChI is InChI=1S/C14H15NO/c1-9-6-7-13-11(8-9)14(16)10-4-2-3-5-12(10)15-13/h2-5,9H,6-8H2,1H3,(H,15,16)/t9-/m0/s1. The summed E-state index contributed by atoms with van der Waals surface area (Å²) in [6.45, 7) is 2.22. The second-order valence-electron chi connectivity index (χ2n) is 4.80. The number of rotatable bonds is 0. The van der Waals surface area contributed by atoms with E-state index in [0.717, 1.165) is 35.0 Å². The van der Waals surface area contributed by atoms with E-state index in [-0.39, 0.29) is 5.43 Å². The van der Waals surface area contributed by atoms with Crippen molar-refractivity contribution in [2.45, 2.75) is 26.2 Å². The van der Waals surface area contributed by atoms with Crippen molar-refractivity contribution < 1.29 is 0 Å². The minimum atomic E-state index is 0.232. The highest BCUT2D eigenvalue weighted by atomic mass is 16.1. The summed E-state index contributed by atoms with van der Waals surface area (Å²) < 4.78 is 0. The van der Waals surface area contributed by atoms with E-state index in [1.807, 2.05) is 24.3 Å². The van der Waals surface area contributed by atoms with Gasteiger partial charge < -0.3 is 4.98 Å². The summed E-state index contributed by atoms with van der Waals surface area (Å²) in [4.78, 5) is 15.7. The Hall–Kier alpha value is -1.57. The molecule has 1 aromatic heterocycles. The Bertz CT molecular complexity index is 597. The molecule has 0 amide bonds. The number of nitrogens with one attached hydrogen (secondary N) is 1. The van der Waals surface area contributed by atoms with E-state index < -0.39 is 0 Å². The van der Waals surface area contributed by atoms with Gasteiger partial charge >= 0.3 is 0 Å². The fourth-order valence-corrected chi connectivity index (χ4v) is 2.60. The van der Waals surface area contributed by atoms with E-state index in [2.05, 4.69) is 11.9 Å². The Morgan fingerprint density at radius 1 is 1.31 bits per heavy atom. The van der Waals surface area contributed by atoms with Crippen LogP contribution in [-0.2, 0) is 12.8 Å². The molecule has 0 saturated heterocycles. The average molecular weight is 213 g/mol.